The highest BCUT2D eigenvalue weighted by Crippen LogP contribution is 2.31. The van der Waals surface area contributed by atoms with Crippen molar-refractivity contribution in [3.8, 4) is 17.7 Å². The fraction of sp³-hybridized carbons (Fsp3) is 0. The first kappa shape index (κ1) is 12.3. The fourth-order valence-corrected chi connectivity index (χ4v) is 1.44. The number of halogens is 3. The molecule has 0 aliphatic carbocycles. The van der Waals surface area contributed by atoms with Crippen LogP contribution in [0.2, 0.25) is 5.02 Å². The Balaban J connectivity index is 2.41. The lowest BCUT2D eigenvalue weighted by molar-refractivity contribution is 0.405. The van der Waals surface area contributed by atoms with Crippen molar-refractivity contribution in [2.24, 2.45) is 0 Å². The second-order valence-corrected chi connectivity index (χ2v) is 3.62. The van der Waals surface area contributed by atoms with Crippen molar-refractivity contribution >= 4 is 11.6 Å². The van der Waals surface area contributed by atoms with E-state index in [0.717, 1.165) is 6.07 Å². The lowest BCUT2D eigenvalue weighted by Crippen LogP contribution is -1.95. The summed E-state index contributed by atoms with van der Waals surface area (Å²) in [4.78, 5) is 3.76. The molecule has 0 unspecified atom stereocenters. The number of rotatable bonds is 2. The topological polar surface area (TPSA) is 45.9 Å². The molecule has 0 saturated carbocycles. The molecule has 18 heavy (non-hydrogen) atoms. The van der Waals surface area contributed by atoms with E-state index in [-0.39, 0.29) is 22.2 Å². The summed E-state index contributed by atoms with van der Waals surface area (Å²) in [7, 11) is 0. The van der Waals surface area contributed by atoms with Crippen LogP contribution in [0.1, 0.15) is 5.56 Å². The number of ether oxygens (including phenoxy) is 1. The van der Waals surface area contributed by atoms with Gasteiger partial charge in [-0.2, -0.15) is 9.65 Å². The van der Waals surface area contributed by atoms with Gasteiger partial charge in [-0.15, -0.1) is 0 Å². The number of pyridine rings is 1. The SMILES string of the molecule is N#Cc1ccnc(Oc2cccc(F)c2F)c1Cl. The Morgan fingerprint density at radius 1 is 1.28 bits per heavy atom. The van der Waals surface area contributed by atoms with E-state index in [4.69, 9.17) is 21.6 Å². The highest BCUT2D eigenvalue weighted by atomic mass is 35.5. The van der Waals surface area contributed by atoms with Crippen LogP contribution in [0.3, 0.4) is 0 Å². The first-order chi connectivity index (χ1) is 8.63. The number of nitrogens with zero attached hydrogens (tertiary/aromatic N) is 2. The maximum absolute atomic E-state index is 13.4. The molecule has 2 aromatic rings. The number of benzene rings is 1. The molecular weight excluding hydrogens is 262 g/mol. The molecule has 6 heteroatoms. The van der Waals surface area contributed by atoms with Gasteiger partial charge in [0, 0.05) is 6.20 Å². The number of nitriles is 1. The minimum Gasteiger partial charge on any atom is -0.434 e. The van der Waals surface area contributed by atoms with Crippen molar-refractivity contribution in [3.63, 3.8) is 0 Å². The van der Waals surface area contributed by atoms with Crippen LogP contribution in [0, 0.1) is 23.0 Å². The van der Waals surface area contributed by atoms with Crippen molar-refractivity contribution in [2.45, 2.75) is 0 Å². The van der Waals surface area contributed by atoms with Crippen LogP contribution in [0.4, 0.5) is 8.78 Å². The van der Waals surface area contributed by atoms with Crippen molar-refractivity contribution in [1.29, 1.82) is 5.26 Å². The van der Waals surface area contributed by atoms with Gasteiger partial charge in [-0.05, 0) is 18.2 Å². The summed E-state index contributed by atoms with van der Waals surface area (Å²) in [5.74, 6) is -2.68. The molecule has 0 aliphatic rings. The standard InChI is InChI=1S/C12H5ClF2N2O/c13-10-7(6-16)4-5-17-12(10)18-9-3-1-2-8(14)11(9)15/h1-5H. The van der Waals surface area contributed by atoms with E-state index in [2.05, 4.69) is 4.98 Å². The van der Waals surface area contributed by atoms with Gasteiger partial charge in [-0.25, -0.2) is 9.37 Å². The molecule has 0 bridgehead atoms. The Hall–Kier alpha value is -2.19. The fourth-order valence-electron chi connectivity index (χ4n) is 1.25. The second kappa shape index (κ2) is 4.98. The van der Waals surface area contributed by atoms with E-state index in [1.54, 1.807) is 0 Å². The molecule has 0 spiro atoms. The molecule has 3 nitrogen and oxygen atoms in total. The van der Waals surface area contributed by atoms with Crippen LogP contribution in [-0.2, 0) is 0 Å². The van der Waals surface area contributed by atoms with E-state index in [1.807, 2.05) is 6.07 Å². The molecule has 0 fully saturated rings. The Morgan fingerprint density at radius 3 is 2.78 bits per heavy atom. The summed E-state index contributed by atoms with van der Waals surface area (Å²) in [6.07, 6.45) is 1.29. The Kier molecular flexibility index (Phi) is 3.40. The average molecular weight is 267 g/mol. The monoisotopic (exact) mass is 266 g/mol. The van der Waals surface area contributed by atoms with Gasteiger partial charge in [0.2, 0.25) is 11.7 Å². The molecule has 1 aromatic heterocycles. The summed E-state index contributed by atoms with van der Waals surface area (Å²) in [6, 6.07) is 6.69. The third-order valence-electron chi connectivity index (χ3n) is 2.10. The summed E-state index contributed by atoms with van der Waals surface area (Å²) >= 11 is 5.82. The van der Waals surface area contributed by atoms with Crippen molar-refractivity contribution in [1.82, 2.24) is 4.98 Å². The zero-order valence-electron chi connectivity index (χ0n) is 8.82. The third-order valence-corrected chi connectivity index (χ3v) is 2.47. The van der Waals surface area contributed by atoms with E-state index < -0.39 is 11.6 Å². The van der Waals surface area contributed by atoms with Gasteiger partial charge in [0.05, 0.1) is 5.56 Å². The number of hydrogen-bond acceptors (Lipinski definition) is 3. The summed E-state index contributed by atoms with van der Waals surface area (Å²) in [6.45, 7) is 0. The summed E-state index contributed by atoms with van der Waals surface area (Å²) < 4.78 is 31.4. The minimum absolute atomic E-state index is 0.0522. The lowest BCUT2D eigenvalue weighted by atomic mass is 10.3. The smallest absolute Gasteiger partial charge is 0.239 e. The largest absolute Gasteiger partial charge is 0.434 e. The summed E-state index contributed by atoms with van der Waals surface area (Å²) in [5.41, 5.74) is 0.137. The second-order valence-electron chi connectivity index (χ2n) is 3.24. The molecule has 90 valence electrons. The quantitative estimate of drug-likeness (QED) is 0.833. The first-order valence-electron chi connectivity index (χ1n) is 4.80. The first-order valence-corrected chi connectivity index (χ1v) is 5.17. The Labute approximate surface area is 106 Å². The Bertz CT molecular complexity index is 640. The van der Waals surface area contributed by atoms with Gasteiger partial charge in [0.1, 0.15) is 11.1 Å². The molecular formula is C12H5ClF2N2O. The van der Waals surface area contributed by atoms with Crippen molar-refractivity contribution in [3.05, 3.63) is 52.7 Å². The van der Waals surface area contributed by atoms with Gasteiger partial charge in [0.15, 0.2) is 11.6 Å². The highest BCUT2D eigenvalue weighted by molar-refractivity contribution is 6.33. The molecule has 2 rings (SSSR count). The van der Waals surface area contributed by atoms with Crippen LogP contribution in [0.15, 0.2) is 30.5 Å². The van der Waals surface area contributed by atoms with Gasteiger partial charge < -0.3 is 4.74 Å². The van der Waals surface area contributed by atoms with Gasteiger partial charge in [0.25, 0.3) is 0 Å². The zero-order valence-corrected chi connectivity index (χ0v) is 9.58. The number of aromatic nitrogens is 1. The van der Waals surface area contributed by atoms with Crippen molar-refractivity contribution in [2.75, 3.05) is 0 Å². The van der Waals surface area contributed by atoms with E-state index >= 15 is 0 Å². The highest BCUT2D eigenvalue weighted by Gasteiger charge is 2.14. The third kappa shape index (κ3) is 2.24. The predicted octanol–water partition coefficient (Wildman–Crippen LogP) is 3.68. The predicted molar refractivity (Wildman–Crippen MR) is 60.4 cm³/mol. The average Bonchev–Trinajstić information content (AvgIpc) is 2.37. The lowest BCUT2D eigenvalue weighted by Gasteiger charge is -2.07. The van der Waals surface area contributed by atoms with Crippen LogP contribution in [-0.4, -0.2) is 4.98 Å². The van der Waals surface area contributed by atoms with Crippen LogP contribution >= 0.6 is 11.6 Å². The van der Waals surface area contributed by atoms with E-state index in [0.29, 0.717) is 0 Å². The molecule has 1 heterocycles. The molecule has 0 N–H and O–H groups in total. The Morgan fingerprint density at radius 2 is 2.06 bits per heavy atom. The van der Waals surface area contributed by atoms with Gasteiger partial charge >= 0.3 is 0 Å². The maximum atomic E-state index is 13.4. The molecule has 0 amide bonds. The maximum Gasteiger partial charge on any atom is 0.239 e. The van der Waals surface area contributed by atoms with Crippen molar-refractivity contribution < 1.29 is 13.5 Å². The minimum atomic E-state index is -1.14. The van der Waals surface area contributed by atoms with E-state index in [9.17, 15) is 8.78 Å². The molecule has 0 aliphatic heterocycles. The van der Waals surface area contributed by atoms with Crippen LogP contribution < -0.4 is 4.74 Å². The normalized spacial score (nSPS) is 9.89. The molecule has 0 radical (unpaired) electrons. The van der Waals surface area contributed by atoms with E-state index in [1.165, 1.54) is 24.4 Å². The van der Waals surface area contributed by atoms with Crippen LogP contribution in [0.25, 0.3) is 0 Å². The zero-order chi connectivity index (χ0) is 13.1. The molecule has 1 aromatic carbocycles. The number of hydrogen-bond donors (Lipinski definition) is 0. The van der Waals surface area contributed by atoms with Gasteiger partial charge in [-0.3, -0.25) is 0 Å². The molecule has 0 atom stereocenters. The van der Waals surface area contributed by atoms with Gasteiger partial charge in [-0.1, -0.05) is 17.7 Å². The summed E-state index contributed by atoms with van der Waals surface area (Å²) in [5, 5.41) is 8.70. The van der Waals surface area contributed by atoms with Crippen LogP contribution in [0.5, 0.6) is 11.6 Å². The molecule has 0 saturated heterocycles.